The maximum atomic E-state index is 14.5. The number of carbonyl (C=O) groups excluding carboxylic acids is 3. The topological polar surface area (TPSA) is 84.9 Å². The summed E-state index contributed by atoms with van der Waals surface area (Å²) in [6.07, 6.45) is -2.07. The van der Waals surface area contributed by atoms with Crippen LogP contribution in [0, 0.1) is 0 Å². The minimum Gasteiger partial charge on any atom is -0.459 e. The van der Waals surface area contributed by atoms with E-state index in [2.05, 4.69) is 5.32 Å². The van der Waals surface area contributed by atoms with Gasteiger partial charge in [0.25, 0.3) is 5.91 Å². The summed E-state index contributed by atoms with van der Waals surface area (Å²) in [6, 6.07) is 16.0. The van der Waals surface area contributed by atoms with Gasteiger partial charge in [-0.2, -0.15) is 0 Å². The van der Waals surface area contributed by atoms with E-state index in [1.807, 2.05) is 42.5 Å². The van der Waals surface area contributed by atoms with Crippen LogP contribution in [-0.4, -0.2) is 47.9 Å². The van der Waals surface area contributed by atoms with Crippen LogP contribution < -0.4 is 5.32 Å². The molecule has 2 aliphatic rings. The molecule has 0 unspecified atom stereocenters. The molecule has 2 heterocycles. The van der Waals surface area contributed by atoms with Gasteiger partial charge in [-0.25, -0.2) is 14.0 Å². The molecule has 1 N–H and O–H groups in total. The number of nitrogens with zero attached hydrogens (tertiary/aromatic N) is 1. The zero-order valence-corrected chi connectivity index (χ0v) is 16.8. The maximum Gasteiger partial charge on any atom is 0.338 e. The van der Waals surface area contributed by atoms with Crippen LogP contribution >= 0.6 is 0 Å². The van der Waals surface area contributed by atoms with Crippen LogP contribution in [-0.2, 0) is 14.3 Å². The van der Waals surface area contributed by atoms with Crippen molar-refractivity contribution in [2.24, 2.45) is 0 Å². The molecule has 2 fully saturated rings. The van der Waals surface area contributed by atoms with Gasteiger partial charge < -0.3 is 9.47 Å². The second-order valence-corrected chi connectivity index (χ2v) is 7.23. The molecule has 160 valence electrons. The molecule has 2 aliphatic heterocycles. The summed E-state index contributed by atoms with van der Waals surface area (Å²) in [5, 5.41) is 2.15. The van der Waals surface area contributed by atoms with Crippen LogP contribution in [0.5, 0.6) is 0 Å². The third-order valence-corrected chi connectivity index (χ3v) is 5.26. The molecule has 8 heteroatoms. The van der Waals surface area contributed by atoms with E-state index in [1.54, 1.807) is 19.1 Å². The highest BCUT2D eigenvalue weighted by Crippen LogP contribution is 2.30. The molecule has 2 aromatic carbocycles. The molecular weight excluding hydrogens is 403 g/mol. The van der Waals surface area contributed by atoms with Crippen LogP contribution in [0.3, 0.4) is 0 Å². The van der Waals surface area contributed by atoms with Crippen molar-refractivity contribution in [3.63, 3.8) is 0 Å². The Bertz CT molecular complexity index is 1020. The van der Waals surface area contributed by atoms with Crippen LogP contribution in [0.25, 0.3) is 11.1 Å². The molecule has 7 nitrogen and oxygen atoms in total. The number of imide groups is 1. The van der Waals surface area contributed by atoms with Crippen LogP contribution in [0.1, 0.15) is 23.7 Å². The largest absolute Gasteiger partial charge is 0.459 e. The first kappa shape index (κ1) is 20.7. The average Bonchev–Trinajstić information content (AvgIpc) is 3.29. The van der Waals surface area contributed by atoms with Crippen LogP contribution in [0.15, 0.2) is 66.4 Å². The normalized spacial score (nSPS) is 24.5. The van der Waals surface area contributed by atoms with E-state index < -0.39 is 36.4 Å². The molecule has 31 heavy (non-hydrogen) atoms. The summed E-state index contributed by atoms with van der Waals surface area (Å²) < 4.78 is 25.3. The van der Waals surface area contributed by atoms with Gasteiger partial charge in [-0.3, -0.25) is 15.0 Å². The van der Waals surface area contributed by atoms with Gasteiger partial charge in [0.05, 0.1) is 5.56 Å². The summed E-state index contributed by atoms with van der Waals surface area (Å²) in [5.74, 6) is -1.15. The number of urea groups is 1. The van der Waals surface area contributed by atoms with Gasteiger partial charge in [0.1, 0.15) is 30.8 Å². The van der Waals surface area contributed by atoms with E-state index in [4.69, 9.17) is 9.47 Å². The molecular formula is C23H21FN2O5. The van der Waals surface area contributed by atoms with Crippen molar-refractivity contribution >= 4 is 17.9 Å². The Hall–Kier alpha value is -3.52. The van der Waals surface area contributed by atoms with Gasteiger partial charge in [-0.1, -0.05) is 48.5 Å². The number of nitrogens with one attached hydrogen (secondary N) is 1. The highest BCUT2D eigenvalue weighted by Gasteiger charge is 2.46. The molecule has 2 aromatic rings. The Balaban J connectivity index is 1.35. The summed E-state index contributed by atoms with van der Waals surface area (Å²) >= 11 is 0. The first-order valence-corrected chi connectivity index (χ1v) is 9.91. The van der Waals surface area contributed by atoms with Crippen molar-refractivity contribution in [1.82, 2.24) is 10.2 Å². The van der Waals surface area contributed by atoms with Crippen molar-refractivity contribution < 1.29 is 28.2 Å². The molecule has 3 atom stereocenters. The molecule has 0 bridgehead atoms. The fourth-order valence-corrected chi connectivity index (χ4v) is 3.66. The Morgan fingerprint density at radius 2 is 1.84 bits per heavy atom. The molecule has 0 aromatic heterocycles. The minimum atomic E-state index is -1.44. The van der Waals surface area contributed by atoms with Gasteiger partial charge in [-0.15, -0.1) is 0 Å². The van der Waals surface area contributed by atoms with Gasteiger partial charge >= 0.3 is 12.0 Å². The maximum absolute atomic E-state index is 14.5. The van der Waals surface area contributed by atoms with Crippen molar-refractivity contribution in [3.05, 3.63) is 71.9 Å². The van der Waals surface area contributed by atoms with E-state index in [0.717, 1.165) is 16.0 Å². The lowest BCUT2D eigenvalue weighted by Crippen LogP contribution is -2.37. The lowest BCUT2D eigenvalue weighted by atomic mass is 10.0. The zero-order valence-electron chi connectivity index (χ0n) is 16.8. The molecule has 0 radical (unpaired) electrons. The summed E-state index contributed by atoms with van der Waals surface area (Å²) in [7, 11) is 0. The number of halogens is 1. The van der Waals surface area contributed by atoms with Crippen molar-refractivity contribution in [3.8, 4) is 11.1 Å². The number of hydrogen-bond acceptors (Lipinski definition) is 5. The summed E-state index contributed by atoms with van der Waals surface area (Å²) in [6.45, 7) is 1.30. The smallest absolute Gasteiger partial charge is 0.338 e. The number of ether oxygens (including phenoxy) is 2. The van der Waals surface area contributed by atoms with Crippen LogP contribution in [0.2, 0.25) is 0 Å². The van der Waals surface area contributed by atoms with Gasteiger partial charge in [0.15, 0.2) is 0 Å². The van der Waals surface area contributed by atoms with Crippen molar-refractivity contribution in [2.45, 2.75) is 31.8 Å². The fraction of sp³-hybridized carbons (Fsp3) is 0.261. The first-order valence-electron chi connectivity index (χ1n) is 9.91. The van der Waals surface area contributed by atoms with Crippen molar-refractivity contribution in [2.75, 3.05) is 6.61 Å². The lowest BCUT2D eigenvalue weighted by molar-refractivity contribution is -0.116. The van der Waals surface area contributed by atoms with E-state index in [-0.39, 0.29) is 18.7 Å². The Morgan fingerprint density at radius 3 is 2.52 bits per heavy atom. The number of carbonyl (C=O) groups is 3. The Kier molecular flexibility index (Phi) is 5.81. The number of benzene rings is 2. The number of allylic oxidation sites excluding steroid dienone is 1. The molecule has 0 spiro atoms. The molecule has 2 saturated heterocycles. The minimum absolute atomic E-state index is 0.110. The SMILES string of the molecule is C/C=C1\C(=O)NC(=O)N1[C@H]1C[C@H](F)[C@@H](COC(=O)c2ccc(-c3ccccc3)cc2)O1. The van der Waals surface area contributed by atoms with E-state index in [1.165, 1.54) is 6.08 Å². The second-order valence-electron chi connectivity index (χ2n) is 7.23. The molecule has 3 amide bonds. The third kappa shape index (κ3) is 4.20. The highest BCUT2D eigenvalue weighted by molar-refractivity contribution is 6.11. The Morgan fingerprint density at radius 1 is 1.16 bits per heavy atom. The zero-order chi connectivity index (χ0) is 22.0. The predicted molar refractivity (Wildman–Crippen MR) is 109 cm³/mol. The Labute approximate surface area is 178 Å². The second kappa shape index (κ2) is 8.69. The summed E-state index contributed by atoms with van der Waals surface area (Å²) in [5.41, 5.74) is 2.43. The number of esters is 1. The molecule has 4 rings (SSSR count). The van der Waals surface area contributed by atoms with E-state index >= 15 is 0 Å². The predicted octanol–water partition coefficient (Wildman–Crippen LogP) is 3.42. The quantitative estimate of drug-likeness (QED) is 0.452. The van der Waals surface area contributed by atoms with E-state index in [0.29, 0.717) is 5.56 Å². The lowest BCUT2D eigenvalue weighted by Gasteiger charge is -2.22. The highest BCUT2D eigenvalue weighted by atomic mass is 19.1. The third-order valence-electron chi connectivity index (χ3n) is 5.26. The van der Waals surface area contributed by atoms with Crippen LogP contribution in [0.4, 0.5) is 9.18 Å². The van der Waals surface area contributed by atoms with Gasteiger partial charge in [0.2, 0.25) is 0 Å². The van der Waals surface area contributed by atoms with E-state index in [9.17, 15) is 18.8 Å². The monoisotopic (exact) mass is 424 g/mol. The first-order chi connectivity index (χ1) is 15.0. The molecule has 0 saturated carbocycles. The van der Waals surface area contributed by atoms with Gasteiger partial charge in [0, 0.05) is 6.42 Å². The molecule has 0 aliphatic carbocycles. The number of rotatable bonds is 5. The number of alkyl halides is 1. The summed E-state index contributed by atoms with van der Waals surface area (Å²) in [4.78, 5) is 37.2. The fourth-order valence-electron chi connectivity index (χ4n) is 3.66. The standard InChI is InChI=1S/C23H21FN2O5/c1-2-18-21(27)25-23(29)26(18)20-12-17(24)19(31-20)13-30-22(28)16-10-8-15(9-11-16)14-6-4-3-5-7-14/h2-11,17,19-20H,12-13H2,1H3,(H,25,27,29)/b18-2+/t17-,19+,20+/m0/s1. The van der Waals surface area contributed by atoms with Gasteiger partial charge in [-0.05, 0) is 30.2 Å². The van der Waals surface area contributed by atoms with Crippen molar-refractivity contribution in [1.29, 1.82) is 0 Å². The number of amides is 3. The average molecular weight is 424 g/mol. The number of hydrogen-bond donors (Lipinski definition) is 1.